The number of aliphatic hydroxyl groups is 1. The van der Waals surface area contributed by atoms with Crippen LogP contribution in [0.2, 0.25) is 5.02 Å². The van der Waals surface area contributed by atoms with Crippen LogP contribution in [0.15, 0.2) is 18.2 Å². The minimum atomic E-state index is -0.643. The van der Waals surface area contributed by atoms with Crippen LogP contribution in [0.1, 0.15) is 31.2 Å². The van der Waals surface area contributed by atoms with E-state index in [1.165, 1.54) is 0 Å². The Balaban J connectivity index is 2.06. The van der Waals surface area contributed by atoms with Crippen LogP contribution in [-0.4, -0.2) is 41.0 Å². The number of piperidine rings is 1. The minimum absolute atomic E-state index is 0.0202. The number of amides is 2. The second-order valence-corrected chi connectivity index (χ2v) is 6.01. The zero-order valence-corrected chi connectivity index (χ0v) is 13.4. The van der Waals surface area contributed by atoms with Crippen molar-refractivity contribution in [1.82, 2.24) is 4.90 Å². The monoisotopic (exact) mass is 324 g/mol. The van der Waals surface area contributed by atoms with Crippen LogP contribution < -0.4 is 5.32 Å². The van der Waals surface area contributed by atoms with E-state index in [9.17, 15) is 9.59 Å². The van der Waals surface area contributed by atoms with Crippen molar-refractivity contribution in [3.8, 4) is 0 Å². The van der Waals surface area contributed by atoms with Gasteiger partial charge in [0.05, 0.1) is 0 Å². The Morgan fingerprint density at radius 3 is 2.86 bits per heavy atom. The van der Waals surface area contributed by atoms with Gasteiger partial charge >= 0.3 is 11.8 Å². The number of anilines is 1. The number of nitrogens with zero attached hydrogens (tertiary/aromatic N) is 1. The summed E-state index contributed by atoms with van der Waals surface area (Å²) in [6.45, 7) is 2.41. The summed E-state index contributed by atoms with van der Waals surface area (Å²) in [4.78, 5) is 26.2. The van der Waals surface area contributed by atoms with Crippen molar-refractivity contribution in [2.75, 3.05) is 18.5 Å². The summed E-state index contributed by atoms with van der Waals surface area (Å²) in [6, 6.07) is 5.04. The van der Waals surface area contributed by atoms with Gasteiger partial charge < -0.3 is 15.3 Å². The number of benzene rings is 1. The summed E-state index contributed by atoms with van der Waals surface area (Å²) in [5.41, 5.74) is 1.39. The highest BCUT2D eigenvalue weighted by atomic mass is 35.5. The lowest BCUT2D eigenvalue weighted by atomic mass is 9.99. The molecule has 0 spiro atoms. The van der Waals surface area contributed by atoms with Crippen molar-refractivity contribution in [2.24, 2.45) is 0 Å². The molecule has 120 valence electrons. The summed E-state index contributed by atoms with van der Waals surface area (Å²) in [5.74, 6) is -1.18. The molecule has 0 bridgehead atoms. The summed E-state index contributed by atoms with van der Waals surface area (Å²) in [7, 11) is 0. The average molecular weight is 325 g/mol. The van der Waals surface area contributed by atoms with Crippen molar-refractivity contribution in [1.29, 1.82) is 0 Å². The van der Waals surface area contributed by atoms with Crippen LogP contribution in [0.3, 0.4) is 0 Å². The molecular formula is C16H21ClN2O3. The lowest BCUT2D eigenvalue weighted by Crippen LogP contribution is -2.48. The summed E-state index contributed by atoms with van der Waals surface area (Å²) in [5, 5.41) is 12.3. The largest absolute Gasteiger partial charge is 0.396 e. The van der Waals surface area contributed by atoms with E-state index in [1.807, 2.05) is 6.92 Å². The number of aryl methyl sites for hydroxylation is 1. The van der Waals surface area contributed by atoms with E-state index in [0.29, 0.717) is 23.7 Å². The van der Waals surface area contributed by atoms with Crippen LogP contribution in [0, 0.1) is 6.92 Å². The lowest BCUT2D eigenvalue weighted by Gasteiger charge is -2.35. The van der Waals surface area contributed by atoms with E-state index >= 15 is 0 Å². The van der Waals surface area contributed by atoms with Crippen molar-refractivity contribution >= 4 is 29.1 Å². The molecule has 1 saturated heterocycles. The highest BCUT2D eigenvalue weighted by Gasteiger charge is 2.30. The molecule has 1 aliphatic heterocycles. The van der Waals surface area contributed by atoms with Crippen LogP contribution in [0.5, 0.6) is 0 Å². The standard InChI is InChI=1S/C16H21ClN2O3/c1-11-10-12(17)5-6-14(11)18-15(21)16(22)19-8-3-2-4-13(19)7-9-20/h5-6,10,13,20H,2-4,7-9H2,1H3,(H,18,21). The van der Waals surface area contributed by atoms with Crippen LogP contribution >= 0.6 is 11.6 Å². The fraction of sp³-hybridized carbons (Fsp3) is 0.500. The Bertz CT molecular complexity index is 560. The first kappa shape index (κ1) is 16.8. The van der Waals surface area contributed by atoms with Crippen molar-refractivity contribution < 1.29 is 14.7 Å². The molecule has 1 aromatic rings. The minimum Gasteiger partial charge on any atom is -0.396 e. The molecule has 0 aromatic heterocycles. The molecule has 1 unspecified atom stereocenters. The quantitative estimate of drug-likeness (QED) is 0.839. The second kappa shape index (κ2) is 7.61. The first-order valence-corrected chi connectivity index (χ1v) is 7.89. The summed E-state index contributed by atoms with van der Waals surface area (Å²) in [6.07, 6.45) is 3.26. The second-order valence-electron chi connectivity index (χ2n) is 5.57. The third kappa shape index (κ3) is 3.99. The Morgan fingerprint density at radius 2 is 2.18 bits per heavy atom. The Morgan fingerprint density at radius 1 is 1.41 bits per heavy atom. The molecule has 0 radical (unpaired) electrons. The highest BCUT2D eigenvalue weighted by Crippen LogP contribution is 2.22. The molecule has 1 aliphatic rings. The van der Waals surface area contributed by atoms with Crippen LogP contribution in [0.4, 0.5) is 5.69 Å². The molecular weight excluding hydrogens is 304 g/mol. The number of carbonyl (C=O) groups excluding carboxylic acids is 2. The van der Waals surface area contributed by atoms with E-state index < -0.39 is 11.8 Å². The fourth-order valence-corrected chi connectivity index (χ4v) is 3.02. The maximum absolute atomic E-state index is 12.4. The predicted molar refractivity (Wildman–Crippen MR) is 85.9 cm³/mol. The number of halogens is 1. The van der Waals surface area contributed by atoms with Gasteiger partial charge in [-0.05, 0) is 56.4 Å². The first-order chi connectivity index (χ1) is 10.5. The maximum atomic E-state index is 12.4. The molecule has 22 heavy (non-hydrogen) atoms. The molecule has 2 N–H and O–H groups in total. The zero-order valence-electron chi connectivity index (χ0n) is 12.6. The van der Waals surface area contributed by atoms with Gasteiger partial charge in [0, 0.05) is 29.9 Å². The molecule has 2 rings (SSSR count). The number of rotatable bonds is 3. The number of nitrogens with one attached hydrogen (secondary N) is 1. The predicted octanol–water partition coefficient (Wildman–Crippen LogP) is 2.35. The third-order valence-corrected chi connectivity index (χ3v) is 4.22. The smallest absolute Gasteiger partial charge is 0.313 e. The van der Waals surface area contributed by atoms with Gasteiger partial charge in [-0.25, -0.2) is 0 Å². The number of hydrogen-bond acceptors (Lipinski definition) is 3. The molecule has 1 aromatic carbocycles. The summed E-state index contributed by atoms with van der Waals surface area (Å²) < 4.78 is 0. The SMILES string of the molecule is Cc1cc(Cl)ccc1NC(=O)C(=O)N1CCCCC1CCO. The molecule has 2 amide bonds. The van der Waals surface area contributed by atoms with Crippen molar-refractivity contribution in [3.63, 3.8) is 0 Å². The van der Waals surface area contributed by atoms with Gasteiger partial charge in [-0.15, -0.1) is 0 Å². The van der Waals surface area contributed by atoms with E-state index in [1.54, 1.807) is 23.1 Å². The van der Waals surface area contributed by atoms with Gasteiger partial charge in [0.15, 0.2) is 0 Å². The fourth-order valence-electron chi connectivity index (χ4n) is 2.79. The molecule has 1 fully saturated rings. The number of likely N-dealkylation sites (tertiary alicyclic amines) is 1. The summed E-state index contributed by atoms with van der Waals surface area (Å²) >= 11 is 5.88. The van der Waals surface area contributed by atoms with E-state index in [0.717, 1.165) is 24.8 Å². The number of hydrogen-bond donors (Lipinski definition) is 2. The Kier molecular flexibility index (Phi) is 5.80. The van der Waals surface area contributed by atoms with E-state index in [4.69, 9.17) is 16.7 Å². The maximum Gasteiger partial charge on any atom is 0.313 e. The number of aliphatic hydroxyl groups excluding tert-OH is 1. The van der Waals surface area contributed by atoms with Crippen LogP contribution in [0.25, 0.3) is 0 Å². The molecule has 0 aliphatic carbocycles. The highest BCUT2D eigenvalue weighted by molar-refractivity contribution is 6.39. The topological polar surface area (TPSA) is 69.6 Å². The van der Waals surface area contributed by atoms with Gasteiger partial charge in [0.2, 0.25) is 0 Å². The molecule has 6 heteroatoms. The zero-order chi connectivity index (χ0) is 16.1. The van der Waals surface area contributed by atoms with Crippen molar-refractivity contribution in [3.05, 3.63) is 28.8 Å². The van der Waals surface area contributed by atoms with E-state index in [2.05, 4.69) is 5.32 Å². The van der Waals surface area contributed by atoms with Gasteiger partial charge in [0.25, 0.3) is 0 Å². The molecule has 1 atom stereocenters. The molecule has 0 saturated carbocycles. The van der Waals surface area contributed by atoms with Gasteiger partial charge in [0.1, 0.15) is 0 Å². The van der Waals surface area contributed by atoms with Gasteiger partial charge in [-0.2, -0.15) is 0 Å². The number of carbonyl (C=O) groups is 2. The van der Waals surface area contributed by atoms with Crippen LogP contribution in [-0.2, 0) is 9.59 Å². The Labute approximate surface area is 135 Å². The third-order valence-electron chi connectivity index (χ3n) is 3.98. The Hall–Kier alpha value is -1.59. The lowest BCUT2D eigenvalue weighted by molar-refractivity contribution is -0.146. The average Bonchev–Trinajstić information content (AvgIpc) is 2.50. The molecule has 1 heterocycles. The van der Waals surface area contributed by atoms with Gasteiger partial charge in [-0.3, -0.25) is 9.59 Å². The first-order valence-electron chi connectivity index (χ1n) is 7.52. The normalized spacial score (nSPS) is 18.1. The molecule has 5 nitrogen and oxygen atoms in total. The van der Waals surface area contributed by atoms with E-state index in [-0.39, 0.29) is 12.6 Å². The van der Waals surface area contributed by atoms with Gasteiger partial charge in [-0.1, -0.05) is 11.6 Å². The van der Waals surface area contributed by atoms with Crippen molar-refractivity contribution in [2.45, 2.75) is 38.6 Å².